The molecule has 0 bridgehead atoms. The summed E-state index contributed by atoms with van der Waals surface area (Å²) >= 11 is 0. The fraction of sp³-hybridized carbons (Fsp3) is 0.300. The van der Waals surface area contributed by atoms with Crippen molar-refractivity contribution in [1.82, 2.24) is 9.13 Å². The van der Waals surface area contributed by atoms with Crippen molar-refractivity contribution >= 4 is 38.3 Å². The maximum atomic E-state index is 12.9. The highest BCUT2D eigenvalue weighted by Crippen LogP contribution is 2.34. The van der Waals surface area contributed by atoms with Crippen LogP contribution in [0.5, 0.6) is 5.75 Å². The topological polar surface area (TPSA) is 103 Å². The molecular weight excluding hydrogens is 408 g/mol. The number of para-hydroxylation sites is 2. The van der Waals surface area contributed by atoms with Crippen LogP contribution in [0, 0.1) is 0 Å². The molecule has 0 aliphatic carbocycles. The van der Waals surface area contributed by atoms with Gasteiger partial charge in [0.1, 0.15) is 5.75 Å². The number of hydrogen-bond donors (Lipinski definition) is 1. The number of nitrogens with zero attached hydrogens (tertiary/aromatic N) is 3. The molecule has 0 radical (unpaired) electrons. The van der Waals surface area contributed by atoms with Gasteiger partial charge in [-0.1, -0.05) is 12.1 Å². The van der Waals surface area contributed by atoms with Gasteiger partial charge < -0.3 is 10.1 Å². The first kappa shape index (κ1) is 20.0. The van der Waals surface area contributed by atoms with Crippen molar-refractivity contribution in [3.8, 4) is 5.75 Å². The first-order valence-electron chi connectivity index (χ1n) is 9.36. The summed E-state index contributed by atoms with van der Waals surface area (Å²) in [6.07, 6.45) is 0.455. The number of nitrogens with one attached hydrogen (secondary N) is 1. The van der Waals surface area contributed by atoms with E-state index < -0.39 is 16.1 Å². The number of rotatable bonds is 3. The summed E-state index contributed by atoms with van der Waals surface area (Å²) in [4.78, 5) is 25.0. The number of carbonyl (C=O) groups excluding carboxylic acids is 1. The Hall–Kier alpha value is -3.27. The molecule has 1 amide bonds. The van der Waals surface area contributed by atoms with Crippen molar-refractivity contribution in [3.05, 3.63) is 52.9 Å². The predicted molar refractivity (Wildman–Crippen MR) is 114 cm³/mol. The van der Waals surface area contributed by atoms with Gasteiger partial charge in [-0.15, -0.1) is 0 Å². The number of carbonyl (C=O) groups is 1. The number of amides is 1. The highest BCUT2D eigenvalue weighted by molar-refractivity contribution is 7.92. The van der Waals surface area contributed by atoms with Crippen molar-refractivity contribution in [1.29, 1.82) is 0 Å². The monoisotopic (exact) mass is 430 g/mol. The van der Waals surface area contributed by atoms with Crippen LogP contribution in [0.3, 0.4) is 0 Å². The third-order valence-corrected chi connectivity index (χ3v) is 6.41. The summed E-state index contributed by atoms with van der Waals surface area (Å²) in [6.45, 7) is 0.125. The van der Waals surface area contributed by atoms with Gasteiger partial charge in [0.15, 0.2) is 6.10 Å². The third-order valence-electron chi connectivity index (χ3n) is 5.23. The predicted octanol–water partition coefficient (Wildman–Crippen LogP) is 1.43. The van der Waals surface area contributed by atoms with Crippen LogP contribution in [0.25, 0.3) is 11.0 Å². The summed E-state index contributed by atoms with van der Waals surface area (Å²) in [5.74, 6) is -0.0538. The first-order chi connectivity index (χ1) is 14.2. The molecule has 9 nitrogen and oxygen atoms in total. The van der Waals surface area contributed by atoms with Gasteiger partial charge in [-0.2, -0.15) is 0 Å². The second kappa shape index (κ2) is 7.21. The van der Waals surface area contributed by atoms with Crippen LogP contribution >= 0.6 is 0 Å². The van der Waals surface area contributed by atoms with Gasteiger partial charge in [0.25, 0.3) is 5.91 Å². The van der Waals surface area contributed by atoms with Crippen LogP contribution in [0.4, 0.5) is 11.4 Å². The molecule has 2 heterocycles. The third kappa shape index (κ3) is 3.43. The van der Waals surface area contributed by atoms with Gasteiger partial charge in [-0.25, -0.2) is 13.2 Å². The summed E-state index contributed by atoms with van der Waals surface area (Å²) < 4.78 is 34.6. The Bertz CT molecular complexity index is 1310. The Morgan fingerprint density at radius 2 is 1.80 bits per heavy atom. The molecule has 0 saturated heterocycles. The van der Waals surface area contributed by atoms with Crippen LogP contribution in [0.2, 0.25) is 0 Å². The lowest BCUT2D eigenvalue weighted by Gasteiger charge is -2.20. The maximum Gasteiger partial charge on any atom is 0.328 e. The van der Waals surface area contributed by atoms with Gasteiger partial charge in [-0.05, 0) is 30.3 Å². The first-order valence-corrected chi connectivity index (χ1v) is 11.2. The number of anilines is 2. The number of fused-ring (bicyclic) bond motifs is 2. The summed E-state index contributed by atoms with van der Waals surface area (Å²) in [6, 6.07) is 11.9. The molecule has 4 rings (SSSR count). The summed E-state index contributed by atoms with van der Waals surface area (Å²) in [5.41, 5.74) is 2.23. The lowest BCUT2D eigenvalue weighted by molar-refractivity contribution is -0.122. The van der Waals surface area contributed by atoms with Crippen LogP contribution in [0.1, 0.15) is 6.42 Å². The van der Waals surface area contributed by atoms with Crippen LogP contribution < -0.4 is 20.0 Å². The van der Waals surface area contributed by atoms with E-state index in [2.05, 4.69) is 5.32 Å². The normalized spacial score (nSPS) is 16.6. The second-order valence-electron chi connectivity index (χ2n) is 7.29. The number of hydrogen-bond acceptors (Lipinski definition) is 5. The Morgan fingerprint density at radius 1 is 1.10 bits per heavy atom. The Labute approximate surface area is 173 Å². The van der Waals surface area contributed by atoms with Crippen LogP contribution in [-0.4, -0.2) is 42.4 Å². The van der Waals surface area contributed by atoms with E-state index in [1.165, 1.54) is 13.4 Å². The molecule has 0 saturated carbocycles. The number of imidazole rings is 1. The fourth-order valence-corrected chi connectivity index (χ4v) is 4.61. The summed E-state index contributed by atoms with van der Waals surface area (Å²) in [7, 11) is -0.159. The van der Waals surface area contributed by atoms with Gasteiger partial charge in [0.2, 0.25) is 10.0 Å². The van der Waals surface area contributed by atoms with E-state index in [0.717, 1.165) is 11.8 Å². The molecule has 1 atom stereocenters. The van der Waals surface area contributed by atoms with Crippen molar-refractivity contribution in [2.24, 2.45) is 14.1 Å². The zero-order valence-corrected chi connectivity index (χ0v) is 17.6. The zero-order valence-electron chi connectivity index (χ0n) is 16.8. The van der Waals surface area contributed by atoms with Crippen LogP contribution in [-0.2, 0) is 28.9 Å². The Morgan fingerprint density at radius 3 is 2.53 bits per heavy atom. The minimum atomic E-state index is -3.51. The molecule has 1 N–H and O–H groups in total. The molecule has 2 aromatic carbocycles. The van der Waals surface area contributed by atoms with Gasteiger partial charge >= 0.3 is 5.69 Å². The van der Waals surface area contributed by atoms with Crippen molar-refractivity contribution in [2.75, 3.05) is 22.4 Å². The largest absolute Gasteiger partial charge is 0.478 e. The van der Waals surface area contributed by atoms with E-state index >= 15 is 0 Å². The number of benzene rings is 2. The van der Waals surface area contributed by atoms with Crippen LogP contribution in [0.15, 0.2) is 47.3 Å². The Kier molecular flexibility index (Phi) is 4.81. The van der Waals surface area contributed by atoms with Gasteiger partial charge in [-0.3, -0.25) is 18.2 Å². The number of sulfonamides is 1. The lowest BCUT2D eigenvalue weighted by Crippen LogP contribution is -2.35. The van der Waals surface area contributed by atoms with Crippen molar-refractivity contribution in [3.63, 3.8) is 0 Å². The molecule has 1 aliphatic rings. The Balaban J connectivity index is 1.61. The minimum absolute atomic E-state index is 0.125. The van der Waals surface area contributed by atoms with Gasteiger partial charge in [0, 0.05) is 32.7 Å². The molecule has 158 valence electrons. The molecule has 1 aromatic heterocycles. The average Bonchev–Trinajstić information content (AvgIpc) is 2.86. The SMILES string of the molecule is Cn1c(=O)n(C)c2cc(NC(=O)C3CCN(S(C)(=O)=O)c4ccccc4O3)ccc21. The van der Waals surface area contributed by atoms with E-state index in [0.29, 0.717) is 22.6 Å². The molecule has 0 spiro atoms. The smallest absolute Gasteiger partial charge is 0.328 e. The quantitative estimate of drug-likeness (QED) is 0.677. The molecule has 10 heteroatoms. The fourth-order valence-electron chi connectivity index (χ4n) is 3.67. The minimum Gasteiger partial charge on any atom is -0.478 e. The number of ether oxygens (including phenoxy) is 1. The van der Waals surface area contributed by atoms with Gasteiger partial charge in [0.05, 0.1) is 23.0 Å². The number of aromatic nitrogens is 2. The second-order valence-corrected chi connectivity index (χ2v) is 9.20. The van der Waals surface area contributed by atoms with E-state index in [4.69, 9.17) is 4.74 Å². The molecule has 3 aromatic rings. The number of aryl methyl sites for hydroxylation is 2. The molecule has 30 heavy (non-hydrogen) atoms. The van der Waals surface area contributed by atoms with E-state index in [-0.39, 0.29) is 24.6 Å². The molecule has 1 aliphatic heterocycles. The van der Waals surface area contributed by atoms with E-state index in [9.17, 15) is 18.0 Å². The highest BCUT2D eigenvalue weighted by Gasteiger charge is 2.31. The summed E-state index contributed by atoms with van der Waals surface area (Å²) in [5, 5.41) is 2.82. The van der Waals surface area contributed by atoms with Crippen molar-refractivity contribution in [2.45, 2.75) is 12.5 Å². The molecule has 1 unspecified atom stereocenters. The maximum absolute atomic E-state index is 12.9. The zero-order chi connectivity index (χ0) is 21.6. The van der Waals surface area contributed by atoms with Crippen molar-refractivity contribution < 1.29 is 17.9 Å². The highest BCUT2D eigenvalue weighted by atomic mass is 32.2. The lowest BCUT2D eigenvalue weighted by atomic mass is 10.2. The standard InChI is InChI=1S/C20H22N4O5S/c1-22-14-9-8-13(12-16(14)23(2)20(22)26)21-19(25)18-10-11-24(30(3,27)28)15-6-4-5-7-17(15)29-18/h4-9,12,18H,10-11H2,1-3H3,(H,21,25). The average molecular weight is 430 g/mol. The molecule has 0 fully saturated rings. The van der Waals surface area contributed by atoms with E-state index in [1.54, 1.807) is 56.6 Å². The van der Waals surface area contributed by atoms with E-state index in [1.807, 2.05) is 0 Å². The molecular formula is C20H22N4O5S.